The zero-order chi connectivity index (χ0) is 14.9. The average Bonchev–Trinajstić information content (AvgIpc) is 2.95. The van der Waals surface area contributed by atoms with Gasteiger partial charge in [-0.2, -0.15) is 0 Å². The number of rotatable bonds is 2. The predicted octanol–water partition coefficient (Wildman–Crippen LogP) is 2.22. The monoisotopic (exact) mass is 288 g/mol. The van der Waals surface area contributed by atoms with E-state index in [0.717, 1.165) is 55.9 Å². The summed E-state index contributed by atoms with van der Waals surface area (Å²) in [6.45, 7) is 5.99. The van der Waals surface area contributed by atoms with Gasteiger partial charge >= 0.3 is 0 Å². The Balaban J connectivity index is 1.69. The third-order valence-corrected chi connectivity index (χ3v) is 5.11. The number of nitrogens with zero attached hydrogens (tertiary/aromatic N) is 1. The number of piperidine rings is 1. The van der Waals surface area contributed by atoms with Crippen LogP contribution in [0.4, 0.5) is 0 Å². The minimum atomic E-state index is 0.163. The van der Waals surface area contributed by atoms with Gasteiger partial charge in [0.15, 0.2) is 0 Å². The minimum absolute atomic E-state index is 0.163. The molecule has 2 heterocycles. The molecule has 2 aliphatic heterocycles. The number of carbonyl (C=O) groups excluding carboxylic acids is 1. The van der Waals surface area contributed by atoms with Gasteiger partial charge in [0.25, 0.3) is 5.91 Å². The molecule has 0 saturated carbocycles. The van der Waals surface area contributed by atoms with E-state index < -0.39 is 0 Å². The molecule has 21 heavy (non-hydrogen) atoms. The minimum Gasteiger partial charge on any atom is -0.497 e. The van der Waals surface area contributed by atoms with Gasteiger partial charge in [-0.05, 0) is 61.9 Å². The summed E-state index contributed by atoms with van der Waals surface area (Å²) in [5, 5.41) is 3.46. The lowest BCUT2D eigenvalue weighted by Gasteiger charge is -2.39. The van der Waals surface area contributed by atoms with Crippen molar-refractivity contribution in [3.05, 3.63) is 29.3 Å². The molecule has 3 rings (SSSR count). The molecule has 4 nitrogen and oxygen atoms in total. The van der Waals surface area contributed by atoms with Gasteiger partial charge in [0.05, 0.1) is 7.11 Å². The normalized spacial score (nSPS) is 20.8. The van der Waals surface area contributed by atoms with Gasteiger partial charge in [-0.3, -0.25) is 4.79 Å². The van der Waals surface area contributed by atoms with Crippen molar-refractivity contribution in [2.75, 3.05) is 33.3 Å². The van der Waals surface area contributed by atoms with Crippen molar-refractivity contribution >= 4 is 5.91 Å². The average molecular weight is 288 g/mol. The highest BCUT2D eigenvalue weighted by Crippen LogP contribution is 2.37. The third-order valence-electron chi connectivity index (χ3n) is 5.11. The molecule has 2 saturated heterocycles. The molecule has 2 fully saturated rings. The number of likely N-dealkylation sites (tertiary alicyclic amines) is 1. The first-order valence-corrected chi connectivity index (χ1v) is 7.78. The molecule has 1 aromatic carbocycles. The number of methoxy groups -OCH3 is 1. The first-order chi connectivity index (χ1) is 10.1. The van der Waals surface area contributed by atoms with E-state index >= 15 is 0 Å². The van der Waals surface area contributed by atoms with Gasteiger partial charge in [0, 0.05) is 25.2 Å². The standard InChI is InChI=1S/C17H24N2O2/c1-13-11-14(21-2)3-4-15(13)16(20)19-9-6-17(7-10-19)5-8-18-12-17/h3-4,11,18H,5-10,12H2,1-2H3. The fourth-order valence-corrected chi connectivity index (χ4v) is 3.58. The zero-order valence-corrected chi connectivity index (χ0v) is 12.9. The van der Waals surface area contributed by atoms with Gasteiger partial charge < -0.3 is 15.0 Å². The molecule has 0 unspecified atom stereocenters. The Morgan fingerprint density at radius 1 is 1.29 bits per heavy atom. The number of amides is 1. The third kappa shape index (κ3) is 2.77. The maximum atomic E-state index is 12.7. The van der Waals surface area contributed by atoms with Crippen LogP contribution in [0.5, 0.6) is 5.75 Å². The van der Waals surface area contributed by atoms with E-state index in [0.29, 0.717) is 5.41 Å². The summed E-state index contributed by atoms with van der Waals surface area (Å²) in [5.41, 5.74) is 2.24. The molecule has 2 aliphatic rings. The smallest absolute Gasteiger partial charge is 0.254 e. The van der Waals surface area contributed by atoms with Crippen LogP contribution in [0.3, 0.4) is 0 Å². The number of nitrogens with one attached hydrogen (secondary N) is 1. The van der Waals surface area contributed by atoms with E-state index in [1.165, 1.54) is 6.42 Å². The van der Waals surface area contributed by atoms with E-state index in [4.69, 9.17) is 4.74 Å². The van der Waals surface area contributed by atoms with Crippen LogP contribution in [0.15, 0.2) is 18.2 Å². The van der Waals surface area contributed by atoms with Crippen LogP contribution in [0, 0.1) is 12.3 Å². The maximum absolute atomic E-state index is 12.7. The molecule has 0 aliphatic carbocycles. The topological polar surface area (TPSA) is 41.6 Å². The molecule has 0 atom stereocenters. The van der Waals surface area contributed by atoms with Crippen molar-refractivity contribution < 1.29 is 9.53 Å². The predicted molar refractivity (Wildman–Crippen MR) is 82.8 cm³/mol. The Hall–Kier alpha value is -1.55. The van der Waals surface area contributed by atoms with Crippen molar-refractivity contribution in [2.24, 2.45) is 5.41 Å². The van der Waals surface area contributed by atoms with Crippen LogP contribution < -0.4 is 10.1 Å². The van der Waals surface area contributed by atoms with Gasteiger partial charge in [-0.15, -0.1) is 0 Å². The largest absolute Gasteiger partial charge is 0.497 e. The summed E-state index contributed by atoms with van der Waals surface area (Å²) in [5.74, 6) is 0.967. The number of benzene rings is 1. The Kier molecular flexibility index (Phi) is 3.89. The van der Waals surface area contributed by atoms with Crippen LogP contribution in [0.25, 0.3) is 0 Å². The SMILES string of the molecule is COc1ccc(C(=O)N2CCC3(CCNC3)CC2)c(C)c1. The van der Waals surface area contributed by atoms with Crippen molar-refractivity contribution in [3.63, 3.8) is 0 Å². The number of aryl methyl sites for hydroxylation is 1. The molecule has 0 aromatic heterocycles. The zero-order valence-electron chi connectivity index (χ0n) is 12.9. The molecular weight excluding hydrogens is 264 g/mol. The second kappa shape index (κ2) is 5.68. The van der Waals surface area contributed by atoms with E-state index in [9.17, 15) is 4.79 Å². The first kappa shape index (κ1) is 14.4. The second-order valence-corrected chi connectivity index (χ2v) is 6.40. The molecule has 0 bridgehead atoms. The molecule has 114 valence electrons. The molecule has 4 heteroatoms. The van der Waals surface area contributed by atoms with Gasteiger partial charge in [0.2, 0.25) is 0 Å². The lowest BCUT2D eigenvalue weighted by atomic mass is 9.77. The van der Waals surface area contributed by atoms with Crippen LogP contribution in [0.2, 0.25) is 0 Å². The maximum Gasteiger partial charge on any atom is 0.254 e. The van der Waals surface area contributed by atoms with Crippen LogP contribution in [-0.2, 0) is 0 Å². The Morgan fingerprint density at radius 3 is 2.62 bits per heavy atom. The molecule has 1 N–H and O–H groups in total. The van der Waals surface area contributed by atoms with Crippen LogP contribution in [-0.4, -0.2) is 44.1 Å². The van der Waals surface area contributed by atoms with Gasteiger partial charge in [0.1, 0.15) is 5.75 Å². The van der Waals surface area contributed by atoms with Crippen molar-refractivity contribution in [3.8, 4) is 5.75 Å². The first-order valence-electron chi connectivity index (χ1n) is 7.78. The number of hydrogen-bond donors (Lipinski definition) is 1. The van der Waals surface area contributed by atoms with Gasteiger partial charge in [-0.25, -0.2) is 0 Å². The van der Waals surface area contributed by atoms with E-state index in [2.05, 4.69) is 5.32 Å². The fraction of sp³-hybridized carbons (Fsp3) is 0.588. The summed E-state index contributed by atoms with van der Waals surface area (Å²) in [6, 6.07) is 5.68. The summed E-state index contributed by atoms with van der Waals surface area (Å²) < 4.78 is 5.21. The van der Waals surface area contributed by atoms with Crippen molar-refractivity contribution in [1.82, 2.24) is 10.2 Å². The number of ether oxygens (including phenoxy) is 1. The lowest BCUT2D eigenvalue weighted by Crippen LogP contribution is -2.44. The quantitative estimate of drug-likeness (QED) is 0.907. The Labute approximate surface area is 126 Å². The molecular formula is C17H24N2O2. The fourth-order valence-electron chi connectivity index (χ4n) is 3.58. The van der Waals surface area contributed by atoms with E-state index in [1.807, 2.05) is 30.0 Å². The molecule has 1 spiro atoms. The second-order valence-electron chi connectivity index (χ2n) is 6.40. The molecule has 1 amide bonds. The van der Waals surface area contributed by atoms with Crippen molar-refractivity contribution in [1.29, 1.82) is 0 Å². The highest BCUT2D eigenvalue weighted by Gasteiger charge is 2.38. The van der Waals surface area contributed by atoms with Crippen LogP contribution in [0.1, 0.15) is 35.2 Å². The van der Waals surface area contributed by atoms with E-state index in [1.54, 1.807) is 7.11 Å². The highest BCUT2D eigenvalue weighted by atomic mass is 16.5. The van der Waals surface area contributed by atoms with Gasteiger partial charge in [-0.1, -0.05) is 0 Å². The Bertz CT molecular complexity index is 526. The van der Waals surface area contributed by atoms with E-state index in [-0.39, 0.29) is 5.91 Å². The number of carbonyl (C=O) groups is 1. The highest BCUT2D eigenvalue weighted by molar-refractivity contribution is 5.95. The summed E-state index contributed by atoms with van der Waals surface area (Å²) in [6.07, 6.45) is 3.51. The Morgan fingerprint density at radius 2 is 2.05 bits per heavy atom. The summed E-state index contributed by atoms with van der Waals surface area (Å²) in [7, 11) is 1.65. The lowest BCUT2D eigenvalue weighted by molar-refractivity contribution is 0.0607. The van der Waals surface area contributed by atoms with Crippen molar-refractivity contribution in [2.45, 2.75) is 26.2 Å². The van der Waals surface area contributed by atoms with Crippen LogP contribution >= 0.6 is 0 Å². The number of hydrogen-bond acceptors (Lipinski definition) is 3. The molecule has 0 radical (unpaired) electrons. The summed E-state index contributed by atoms with van der Waals surface area (Å²) in [4.78, 5) is 14.7. The summed E-state index contributed by atoms with van der Waals surface area (Å²) >= 11 is 0. The molecule has 1 aromatic rings.